The van der Waals surface area contributed by atoms with Gasteiger partial charge in [0.25, 0.3) is 0 Å². The van der Waals surface area contributed by atoms with Gasteiger partial charge in [0.1, 0.15) is 17.2 Å². The highest BCUT2D eigenvalue weighted by Gasteiger charge is 2.27. The van der Waals surface area contributed by atoms with Crippen molar-refractivity contribution in [1.29, 1.82) is 0 Å². The van der Waals surface area contributed by atoms with Gasteiger partial charge in [-0.05, 0) is 42.0 Å². The van der Waals surface area contributed by atoms with Crippen LogP contribution in [-0.4, -0.2) is 26.8 Å². The first-order valence-electron chi connectivity index (χ1n) is 7.05. The van der Waals surface area contributed by atoms with E-state index in [0.29, 0.717) is 17.1 Å². The molecule has 0 aliphatic carbocycles. The molecule has 5 nitrogen and oxygen atoms in total. The molecule has 1 heterocycles. The molecule has 3 rings (SSSR count). The first kappa shape index (κ1) is 15.1. The van der Waals surface area contributed by atoms with E-state index in [1.165, 1.54) is 7.11 Å². The number of ketones is 1. The van der Waals surface area contributed by atoms with Gasteiger partial charge in [-0.1, -0.05) is 12.1 Å². The Labute approximate surface area is 134 Å². The number of carbonyl (C=O) groups excluding carboxylic acids is 1. The third-order valence-electron chi connectivity index (χ3n) is 3.40. The van der Waals surface area contributed by atoms with Gasteiger partial charge in [-0.15, -0.1) is 0 Å². The molecule has 0 spiro atoms. The summed E-state index contributed by atoms with van der Waals surface area (Å²) in [7, 11) is 3.15. The van der Waals surface area contributed by atoms with Gasteiger partial charge < -0.3 is 18.9 Å². The van der Waals surface area contributed by atoms with Gasteiger partial charge in [0.15, 0.2) is 12.6 Å². The van der Waals surface area contributed by atoms with Crippen molar-refractivity contribution in [3.63, 3.8) is 0 Å². The standard InChI is InChI=1S/C18H16O5/c1-20-11-22-14-7-8-16-15(10-14)18(19)17(23-16)9-12-3-5-13(21-2)6-4-12/h3-10H,11H2,1-2H3/b17-9-. The lowest BCUT2D eigenvalue weighted by atomic mass is 10.1. The lowest BCUT2D eigenvalue weighted by Crippen LogP contribution is -2.00. The molecule has 0 radical (unpaired) electrons. The lowest BCUT2D eigenvalue weighted by molar-refractivity contribution is 0.0510. The third-order valence-corrected chi connectivity index (χ3v) is 3.40. The van der Waals surface area contributed by atoms with Crippen LogP contribution in [0.25, 0.3) is 6.08 Å². The van der Waals surface area contributed by atoms with Crippen molar-refractivity contribution in [3.05, 3.63) is 59.4 Å². The Balaban J connectivity index is 1.83. The Hall–Kier alpha value is -2.79. The fourth-order valence-electron chi connectivity index (χ4n) is 2.24. The van der Waals surface area contributed by atoms with E-state index in [-0.39, 0.29) is 18.3 Å². The monoisotopic (exact) mass is 312 g/mol. The van der Waals surface area contributed by atoms with Crippen molar-refractivity contribution in [1.82, 2.24) is 0 Å². The maximum atomic E-state index is 12.4. The number of allylic oxidation sites excluding steroid dienone is 1. The summed E-state index contributed by atoms with van der Waals surface area (Å²) in [5.74, 6) is 1.97. The Morgan fingerprint density at radius 1 is 1.04 bits per heavy atom. The molecule has 0 unspecified atom stereocenters. The Bertz CT molecular complexity index is 747. The van der Waals surface area contributed by atoms with E-state index >= 15 is 0 Å². The summed E-state index contributed by atoms with van der Waals surface area (Å²) in [4.78, 5) is 12.4. The Morgan fingerprint density at radius 3 is 2.48 bits per heavy atom. The van der Waals surface area contributed by atoms with E-state index in [1.807, 2.05) is 24.3 Å². The van der Waals surface area contributed by atoms with Gasteiger partial charge in [0.05, 0.1) is 12.7 Å². The first-order chi connectivity index (χ1) is 11.2. The molecule has 0 saturated carbocycles. The minimum Gasteiger partial charge on any atom is -0.497 e. The zero-order valence-electron chi connectivity index (χ0n) is 12.9. The number of hydrogen-bond donors (Lipinski definition) is 0. The zero-order chi connectivity index (χ0) is 16.2. The van der Waals surface area contributed by atoms with E-state index in [1.54, 1.807) is 31.4 Å². The van der Waals surface area contributed by atoms with E-state index < -0.39 is 0 Å². The Kier molecular flexibility index (Phi) is 4.30. The number of benzene rings is 2. The predicted octanol–water partition coefficient (Wildman–Crippen LogP) is 3.29. The second-order valence-electron chi connectivity index (χ2n) is 4.92. The zero-order valence-corrected chi connectivity index (χ0v) is 12.9. The molecule has 5 heteroatoms. The second kappa shape index (κ2) is 6.54. The number of carbonyl (C=O) groups is 1. The molecular formula is C18H16O5. The van der Waals surface area contributed by atoms with Crippen LogP contribution in [0, 0.1) is 0 Å². The van der Waals surface area contributed by atoms with E-state index in [2.05, 4.69) is 0 Å². The number of fused-ring (bicyclic) bond motifs is 1. The molecule has 118 valence electrons. The minimum atomic E-state index is -0.168. The first-order valence-corrected chi connectivity index (χ1v) is 7.05. The molecule has 1 aliphatic heterocycles. The van der Waals surface area contributed by atoms with Crippen molar-refractivity contribution in [2.24, 2.45) is 0 Å². The summed E-state index contributed by atoms with van der Waals surface area (Å²) in [6.45, 7) is 0.127. The number of hydrogen-bond acceptors (Lipinski definition) is 5. The number of ether oxygens (including phenoxy) is 4. The molecule has 0 fully saturated rings. The average Bonchev–Trinajstić information content (AvgIpc) is 2.89. The molecule has 0 aromatic heterocycles. The van der Waals surface area contributed by atoms with Crippen molar-refractivity contribution < 1.29 is 23.7 Å². The van der Waals surface area contributed by atoms with Crippen LogP contribution in [0.3, 0.4) is 0 Å². The van der Waals surface area contributed by atoms with Crippen molar-refractivity contribution in [2.45, 2.75) is 0 Å². The maximum absolute atomic E-state index is 12.4. The summed E-state index contributed by atoms with van der Waals surface area (Å²) in [6, 6.07) is 12.5. The van der Waals surface area contributed by atoms with Crippen LogP contribution in [0.15, 0.2) is 48.2 Å². The highest BCUT2D eigenvalue weighted by molar-refractivity contribution is 6.14. The van der Waals surface area contributed by atoms with Crippen molar-refractivity contribution in [3.8, 4) is 17.2 Å². The third kappa shape index (κ3) is 3.19. The quantitative estimate of drug-likeness (QED) is 0.626. The summed E-state index contributed by atoms with van der Waals surface area (Å²) < 4.78 is 20.9. The molecule has 0 atom stereocenters. The van der Waals surface area contributed by atoms with Crippen LogP contribution >= 0.6 is 0 Å². The van der Waals surface area contributed by atoms with Gasteiger partial charge in [0.2, 0.25) is 5.78 Å². The van der Waals surface area contributed by atoms with Crippen molar-refractivity contribution in [2.75, 3.05) is 21.0 Å². The number of Topliss-reactive ketones (excluding diaryl/α,β-unsaturated/α-hetero) is 1. The van der Waals surface area contributed by atoms with Gasteiger partial charge in [-0.3, -0.25) is 4.79 Å². The highest BCUT2D eigenvalue weighted by Crippen LogP contribution is 2.34. The van der Waals surface area contributed by atoms with Crippen LogP contribution in [0.1, 0.15) is 15.9 Å². The fourth-order valence-corrected chi connectivity index (χ4v) is 2.24. The number of methoxy groups -OCH3 is 2. The highest BCUT2D eigenvalue weighted by atomic mass is 16.7. The fraction of sp³-hybridized carbons (Fsp3) is 0.167. The van der Waals surface area contributed by atoms with E-state index in [0.717, 1.165) is 11.3 Å². The second-order valence-corrected chi connectivity index (χ2v) is 4.92. The van der Waals surface area contributed by atoms with Crippen LogP contribution < -0.4 is 14.2 Å². The molecule has 0 bridgehead atoms. The summed E-state index contributed by atoms with van der Waals surface area (Å²) >= 11 is 0. The molecule has 23 heavy (non-hydrogen) atoms. The summed E-state index contributed by atoms with van der Waals surface area (Å²) in [5, 5.41) is 0. The molecule has 0 amide bonds. The van der Waals surface area contributed by atoms with Gasteiger partial charge >= 0.3 is 0 Å². The molecular weight excluding hydrogens is 296 g/mol. The smallest absolute Gasteiger partial charge is 0.232 e. The number of rotatable bonds is 5. The SMILES string of the molecule is COCOc1ccc2c(c1)C(=O)/C(=C/c1ccc(OC)cc1)O2. The minimum absolute atomic E-state index is 0.127. The normalized spacial score (nSPS) is 14.5. The average molecular weight is 312 g/mol. The van der Waals surface area contributed by atoms with Crippen molar-refractivity contribution >= 4 is 11.9 Å². The largest absolute Gasteiger partial charge is 0.497 e. The molecule has 2 aromatic carbocycles. The summed E-state index contributed by atoms with van der Waals surface area (Å²) in [5.41, 5.74) is 1.34. The lowest BCUT2D eigenvalue weighted by Gasteiger charge is -2.04. The summed E-state index contributed by atoms with van der Waals surface area (Å²) in [6.07, 6.45) is 1.71. The van der Waals surface area contributed by atoms with E-state index in [4.69, 9.17) is 18.9 Å². The van der Waals surface area contributed by atoms with Gasteiger partial charge in [-0.25, -0.2) is 0 Å². The van der Waals surface area contributed by atoms with E-state index in [9.17, 15) is 4.79 Å². The van der Waals surface area contributed by atoms with Crippen LogP contribution in [0.5, 0.6) is 17.2 Å². The van der Waals surface area contributed by atoms with Crippen LogP contribution in [-0.2, 0) is 4.74 Å². The molecule has 1 aliphatic rings. The molecule has 0 N–H and O–H groups in total. The van der Waals surface area contributed by atoms with Gasteiger partial charge in [0, 0.05) is 7.11 Å². The Morgan fingerprint density at radius 2 is 1.78 bits per heavy atom. The van der Waals surface area contributed by atoms with Gasteiger partial charge in [-0.2, -0.15) is 0 Å². The maximum Gasteiger partial charge on any atom is 0.232 e. The molecule has 2 aromatic rings. The topological polar surface area (TPSA) is 54.0 Å². The van der Waals surface area contributed by atoms with Crippen LogP contribution in [0.4, 0.5) is 0 Å². The molecule has 0 saturated heterocycles. The predicted molar refractivity (Wildman–Crippen MR) is 84.9 cm³/mol. The van der Waals surface area contributed by atoms with Crippen LogP contribution in [0.2, 0.25) is 0 Å².